The van der Waals surface area contributed by atoms with Gasteiger partial charge in [-0.1, -0.05) is 60.7 Å². The highest BCUT2D eigenvalue weighted by Gasteiger charge is 2.13. The van der Waals surface area contributed by atoms with Crippen molar-refractivity contribution >= 4 is 17.7 Å². The highest BCUT2D eigenvalue weighted by atomic mass is 16.6. The fraction of sp³-hybridized carbons (Fsp3) is 0.160. The maximum absolute atomic E-state index is 12.4. The Morgan fingerprint density at radius 2 is 1.35 bits per heavy atom. The molecule has 0 saturated heterocycles. The van der Waals surface area contributed by atoms with Crippen molar-refractivity contribution in [1.29, 1.82) is 0 Å². The highest BCUT2D eigenvalue weighted by Crippen LogP contribution is 2.15. The Kier molecular flexibility index (Phi) is 7.54. The molecule has 3 aromatic rings. The van der Waals surface area contributed by atoms with E-state index in [0.717, 1.165) is 5.56 Å². The van der Waals surface area contributed by atoms with Crippen molar-refractivity contribution in [3.8, 4) is 5.75 Å². The van der Waals surface area contributed by atoms with Gasteiger partial charge in [-0.3, -0.25) is 9.59 Å². The Morgan fingerprint density at radius 1 is 0.774 bits per heavy atom. The number of hydrogen-bond acceptors (Lipinski definition) is 5. The van der Waals surface area contributed by atoms with Crippen LogP contribution in [0.5, 0.6) is 5.75 Å². The minimum absolute atomic E-state index is 0.0951. The number of ketones is 1. The Labute approximate surface area is 180 Å². The first-order valence-corrected chi connectivity index (χ1v) is 9.85. The van der Waals surface area contributed by atoms with E-state index in [1.165, 1.54) is 0 Å². The Hall–Kier alpha value is -3.93. The average Bonchev–Trinajstić information content (AvgIpc) is 2.82. The maximum atomic E-state index is 12.4. The van der Waals surface area contributed by atoms with Crippen LogP contribution in [-0.2, 0) is 14.3 Å². The molecule has 6 nitrogen and oxygen atoms in total. The van der Waals surface area contributed by atoms with Gasteiger partial charge in [0.25, 0.3) is 5.91 Å². The largest absolute Gasteiger partial charge is 0.482 e. The lowest BCUT2D eigenvalue weighted by Crippen LogP contribution is -2.31. The van der Waals surface area contributed by atoms with Crippen molar-refractivity contribution in [3.63, 3.8) is 0 Å². The molecule has 158 valence electrons. The predicted molar refractivity (Wildman–Crippen MR) is 116 cm³/mol. The van der Waals surface area contributed by atoms with Gasteiger partial charge in [0, 0.05) is 11.1 Å². The zero-order valence-electron chi connectivity index (χ0n) is 17.1. The van der Waals surface area contributed by atoms with Crippen LogP contribution < -0.4 is 10.1 Å². The van der Waals surface area contributed by atoms with Crippen molar-refractivity contribution in [2.45, 2.75) is 13.0 Å². The van der Waals surface area contributed by atoms with Crippen molar-refractivity contribution in [3.05, 3.63) is 102 Å². The molecular weight excluding hydrogens is 394 g/mol. The topological polar surface area (TPSA) is 81.7 Å². The fourth-order valence-electron chi connectivity index (χ4n) is 2.90. The lowest BCUT2D eigenvalue weighted by molar-refractivity contribution is -0.150. The van der Waals surface area contributed by atoms with E-state index in [4.69, 9.17) is 9.47 Å². The number of rotatable bonds is 9. The van der Waals surface area contributed by atoms with Gasteiger partial charge in [-0.2, -0.15) is 0 Å². The van der Waals surface area contributed by atoms with Crippen LogP contribution in [0.4, 0.5) is 0 Å². The summed E-state index contributed by atoms with van der Waals surface area (Å²) in [5.41, 5.74) is 2.07. The second kappa shape index (κ2) is 10.7. The van der Waals surface area contributed by atoms with Crippen LogP contribution in [-0.4, -0.2) is 30.9 Å². The Morgan fingerprint density at radius 3 is 2.00 bits per heavy atom. The van der Waals surface area contributed by atoms with Gasteiger partial charge in [0.15, 0.2) is 19.0 Å². The minimum atomic E-state index is -0.660. The zero-order valence-corrected chi connectivity index (χ0v) is 17.1. The first kappa shape index (κ1) is 21.8. The monoisotopic (exact) mass is 417 g/mol. The van der Waals surface area contributed by atoms with E-state index in [9.17, 15) is 14.4 Å². The first-order chi connectivity index (χ1) is 15.0. The van der Waals surface area contributed by atoms with E-state index >= 15 is 0 Å². The molecule has 0 spiro atoms. The van der Waals surface area contributed by atoms with Gasteiger partial charge in [0.1, 0.15) is 5.75 Å². The molecule has 0 aromatic heterocycles. The van der Waals surface area contributed by atoms with E-state index < -0.39 is 11.9 Å². The highest BCUT2D eigenvalue weighted by molar-refractivity contribution is 6.08. The molecule has 1 atom stereocenters. The predicted octanol–water partition coefficient (Wildman–Crippen LogP) is 3.72. The lowest BCUT2D eigenvalue weighted by Gasteiger charge is -2.14. The molecule has 0 bridgehead atoms. The summed E-state index contributed by atoms with van der Waals surface area (Å²) in [5.74, 6) is -0.730. The molecule has 31 heavy (non-hydrogen) atoms. The number of benzene rings is 3. The minimum Gasteiger partial charge on any atom is -0.482 e. The Balaban J connectivity index is 1.41. The maximum Gasteiger partial charge on any atom is 0.344 e. The number of carbonyl (C=O) groups is 3. The number of nitrogens with one attached hydrogen (secondary N) is 1. The molecule has 0 fully saturated rings. The van der Waals surface area contributed by atoms with E-state index in [-0.39, 0.29) is 25.0 Å². The quantitative estimate of drug-likeness (QED) is 0.424. The molecule has 0 saturated carbocycles. The summed E-state index contributed by atoms with van der Waals surface area (Å²) < 4.78 is 10.3. The third kappa shape index (κ3) is 6.54. The summed E-state index contributed by atoms with van der Waals surface area (Å²) in [4.78, 5) is 36.2. The van der Waals surface area contributed by atoms with Crippen LogP contribution in [0, 0.1) is 0 Å². The number of ether oxygens (including phenoxy) is 2. The number of carbonyl (C=O) groups excluding carboxylic acids is 3. The normalized spacial score (nSPS) is 11.3. The van der Waals surface area contributed by atoms with Crippen LogP contribution in [0.2, 0.25) is 0 Å². The summed E-state index contributed by atoms with van der Waals surface area (Å²) in [6.45, 7) is 1.13. The first-order valence-electron chi connectivity index (χ1n) is 9.85. The molecule has 6 heteroatoms. The molecule has 0 unspecified atom stereocenters. The molecule has 1 amide bonds. The van der Waals surface area contributed by atoms with Crippen LogP contribution in [0.1, 0.15) is 34.5 Å². The third-order valence-corrected chi connectivity index (χ3v) is 4.55. The molecule has 1 N–H and O–H groups in total. The molecule has 3 rings (SSSR count). The summed E-state index contributed by atoms with van der Waals surface area (Å²) in [5, 5.41) is 2.77. The molecule has 3 aromatic carbocycles. The summed E-state index contributed by atoms with van der Waals surface area (Å²) >= 11 is 0. The van der Waals surface area contributed by atoms with E-state index in [2.05, 4.69) is 5.32 Å². The lowest BCUT2D eigenvalue weighted by atomic mass is 10.0. The van der Waals surface area contributed by atoms with Crippen LogP contribution in [0.15, 0.2) is 84.9 Å². The van der Waals surface area contributed by atoms with Crippen LogP contribution in [0.3, 0.4) is 0 Å². The summed E-state index contributed by atoms with van der Waals surface area (Å²) in [7, 11) is 0. The van der Waals surface area contributed by atoms with Gasteiger partial charge < -0.3 is 14.8 Å². The second-order valence-electron chi connectivity index (χ2n) is 6.87. The Bertz CT molecular complexity index is 1020. The van der Waals surface area contributed by atoms with E-state index in [1.807, 2.05) is 43.3 Å². The third-order valence-electron chi connectivity index (χ3n) is 4.55. The smallest absolute Gasteiger partial charge is 0.344 e. The second-order valence-corrected chi connectivity index (χ2v) is 6.87. The molecular formula is C25H23NO5. The molecule has 0 aliphatic heterocycles. The van der Waals surface area contributed by atoms with Gasteiger partial charge in [-0.05, 0) is 36.8 Å². The molecule has 0 aliphatic carbocycles. The molecule has 0 heterocycles. The van der Waals surface area contributed by atoms with Crippen molar-refractivity contribution in [2.24, 2.45) is 0 Å². The number of hydrogen-bond donors (Lipinski definition) is 1. The van der Waals surface area contributed by atoms with Crippen LogP contribution in [0.25, 0.3) is 0 Å². The van der Waals surface area contributed by atoms with Crippen molar-refractivity contribution in [1.82, 2.24) is 5.32 Å². The summed E-state index contributed by atoms with van der Waals surface area (Å²) in [6.07, 6.45) is 0. The summed E-state index contributed by atoms with van der Waals surface area (Å²) in [6, 6.07) is 24.7. The van der Waals surface area contributed by atoms with Gasteiger partial charge in [-0.25, -0.2) is 4.79 Å². The molecule has 0 aliphatic rings. The van der Waals surface area contributed by atoms with Crippen molar-refractivity contribution in [2.75, 3.05) is 13.2 Å². The van der Waals surface area contributed by atoms with Crippen molar-refractivity contribution < 1.29 is 23.9 Å². The van der Waals surface area contributed by atoms with Gasteiger partial charge in [-0.15, -0.1) is 0 Å². The van der Waals surface area contributed by atoms with Gasteiger partial charge in [0.2, 0.25) is 0 Å². The SMILES string of the molecule is C[C@H](NC(=O)COC(=O)COc1ccc(C(=O)c2ccccc2)cc1)c1ccccc1. The standard InChI is InChI=1S/C25H23NO5/c1-18(19-8-4-2-5-9-19)26-23(27)16-31-24(28)17-30-22-14-12-21(13-15-22)25(29)20-10-6-3-7-11-20/h2-15,18H,16-17H2,1H3,(H,26,27)/t18-/m0/s1. The molecule has 0 radical (unpaired) electrons. The van der Waals surface area contributed by atoms with E-state index in [1.54, 1.807) is 48.5 Å². The van der Waals surface area contributed by atoms with Gasteiger partial charge >= 0.3 is 5.97 Å². The fourth-order valence-corrected chi connectivity index (χ4v) is 2.90. The number of amides is 1. The van der Waals surface area contributed by atoms with Crippen LogP contribution >= 0.6 is 0 Å². The van der Waals surface area contributed by atoms with E-state index in [0.29, 0.717) is 16.9 Å². The van der Waals surface area contributed by atoms with Gasteiger partial charge in [0.05, 0.1) is 6.04 Å². The zero-order chi connectivity index (χ0) is 22.1. The number of esters is 1. The average molecular weight is 417 g/mol.